The first-order valence-electron chi connectivity index (χ1n) is 7.35. The summed E-state index contributed by atoms with van der Waals surface area (Å²) < 4.78 is 63.6. The molecule has 0 aliphatic carbocycles. The molecule has 0 aromatic heterocycles. The molecule has 2 rings (SSSR count). The van der Waals surface area contributed by atoms with Crippen molar-refractivity contribution < 1.29 is 26.7 Å². The van der Waals surface area contributed by atoms with Crippen molar-refractivity contribution >= 4 is 29.4 Å². The topological polar surface area (TPSA) is 52.9 Å². The van der Waals surface area contributed by atoms with Gasteiger partial charge in [0.05, 0.1) is 5.56 Å². The highest BCUT2D eigenvalue weighted by Crippen LogP contribution is 2.33. The van der Waals surface area contributed by atoms with Crippen LogP contribution in [0.1, 0.15) is 11.1 Å². The number of rotatable bonds is 5. The molecule has 2 aromatic rings. The number of halogens is 5. The fourth-order valence-corrected chi connectivity index (χ4v) is 2.60. The van der Waals surface area contributed by atoms with Crippen molar-refractivity contribution in [3.8, 4) is 6.07 Å². The molecule has 2 aromatic carbocycles. The second-order valence-electron chi connectivity index (χ2n) is 5.11. The lowest BCUT2D eigenvalue weighted by Gasteiger charge is -2.10. The zero-order valence-corrected chi connectivity index (χ0v) is 14.2. The fourth-order valence-electron chi connectivity index (χ4n) is 2.10. The van der Waals surface area contributed by atoms with Crippen LogP contribution in [0.2, 0.25) is 0 Å². The monoisotopic (exact) mass is 398 g/mol. The molecule has 0 aliphatic heterocycles. The number of hydrogen-bond donors (Lipinski definition) is 1. The molecule has 140 valence electrons. The largest absolute Gasteiger partial charge is 0.416 e. The summed E-state index contributed by atoms with van der Waals surface area (Å²) in [5, 5.41) is 11.5. The summed E-state index contributed by atoms with van der Waals surface area (Å²) in [7, 11) is 0. The van der Waals surface area contributed by atoms with Gasteiger partial charge in [-0.3, -0.25) is 4.79 Å². The van der Waals surface area contributed by atoms with Gasteiger partial charge in [0, 0.05) is 10.6 Å². The maximum Gasteiger partial charge on any atom is 0.416 e. The second-order valence-corrected chi connectivity index (χ2v) is 6.18. The van der Waals surface area contributed by atoms with Crippen LogP contribution in [-0.4, -0.2) is 11.7 Å². The Bertz CT molecular complexity index is 886. The molecule has 0 aliphatic rings. The molecule has 0 radical (unpaired) electrons. The number of nitrogens with one attached hydrogen (secondary N) is 1. The first kappa shape index (κ1) is 20.5. The second kappa shape index (κ2) is 8.68. The Morgan fingerprint density at radius 2 is 1.74 bits per heavy atom. The first-order valence-corrected chi connectivity index (χ1v) is 8.23. The number of alkyl halides is 5. The number of hydrogen-bond acceptors (Lipinski definition) is 3. The Hall–Kier alpha value is -2.86. The molecule has 9 heteroatoms. The van der Waals surface area contributed by atoms with E-state index in [4.69, 9.17) is 5.26 Å². The number of nitrogens with zero attached hydrogens (tertiary/aromatic N) is 1. The van der Waals surface area contributed by atoms with Gasteiger partial charge < -0.3 is 5.32 Å². The van der Waals surface area contributed by atoms with Crippen LogP contribution in [0.5, 0.6) is 0 Å². The van der Waals surface area contributed by atoms with E-state index in [0.717, 1.165) is 18.2 Å². The van der Waals surface area contributed by atoms with Gasteiger partial charge in [0.2, 0.25) is 0 Å². The highest BCUT2D eigenvalue weighted by Gasteiger charge is 2.32. The van der Waals surface area contributed by atoms with Crippen molar-refractivity contribution in [1.29, 1.82) is 5.26 Å². The molecule has 0 heterocycles. The van der Waals surface area contributed by atoms with E-state index < -0.39 is 29.0 Å². The molecule has 0 saturated heterocycles. The van der Waals surface area contributed by atoms with Crippen LogP contribution in [0.4, 0.5) is 27.6 Å². The Morgan fingerprint density at radius 3 is 2.30 bits per heavy atom. The smallest absolute Gasteiger partial charge is 0.321 e. The SMILES string of the molecule is N#C/C(=C\c1ccccc1C(F)(F)F)C(=O)Nc1ccc(SC(F)F)cc1. The van der Waals surface area contributed by atoms with E-state index in [9.17, 15) is 26.7 Å². The number of thioether (sulfide) groups is 1. The third-order valence-electron chi connectivity index (χ3n) is 3.27. The van der Waals surface area contributed by atoms with E-state index >= 15 is 0 Å². The predicted molar refractivity (Wildman–Crippen MR) is 92.0 cm³/mol. The van der Waals surface area contributed by atoms with E-state index in [1.54, 1.807) is 6.07 Å². The van der Waals surface area contributed by atoms with Crippen molar-refractivity contribution in [3.05, 3.63) is 65.2 Å². The lowest BCUT2D eigenvalue weighted by Crippen LogP contribution is -2.14. The Morgan fingerprint density at radius 1 is 1.11 bits per heavy atom. The van der Waals surface area contributed by atoms with Crippen LogP contribution in [0, 0.1) is 11.3 Å². The van der Waals surface area contributed by atoms with E-state index in [1.165, 1.54) is 36.4 Å². The molecular formula is C18H11F5N2OS. The quantitative estimate of drug-likeness (QED) is 0.310. The van der Waals surface area contributed by atoms with Gasteiger partial charge in [0.1, 0.15) is 11.6 Å². The van der Waals surface area contributed by atoms with E-state index in [1.807, 2.05) is 0 Å². The Balaban J connectivity index is 2.22. The molecule has 1 N–H and O–H groups in total. The predicted octanol–water partition coefficient (Wildman–Crippen LogP) is 5.57. The molecule has 3 nitrogen and oxygen atoms in total. The Kier molecular flexibility index (Phi) is 6.58. The van der Waals surface area contributed by atoms with Crippen LogP contribution in [0.15, 0.2) is 59.0 Å². The molecule has 0 spiro atoms. The molecular weight excluding hydrogens is 387 g/mol. The van der Waals surface area contributed by atoms with Gasteiger partial charge in [0.15, 0.2) is 0 Å². The van der Waals surface area contributed by atoms with Gasteiger partial charge in [-0.05, 0) is 42.0 Å². The van der Waals surface area contributed by atoms with Crippen molar-refractivity contribution in [1.82, 2.24) is 0 Å². The lowest BCUT2D eigenvalue weighted by atomic mass is 10.0. The van der Waals surface area contributed by atoms with E-state index in [2.05, 4.69) is 5.32 Å². The number of amides is 1. The summed E-state index contributed by atoms with van der Waals surface area (Å²) in [5.74, 6) is -3.50. The summed E-state index contributed by atoms with van der Waals surface area (Å²) in [4.78, 5) is 12.4. The maximum absolute atomic E-state index is 13.0. The number of carbonyl (C=O) groups is 1. The molecule has 0 fully saturated rings. The zero-order valence-electron chi connectivity index (χ0n) is 13.4. The van der Waals surface area contributed by atoms with Gasteiger partial charge in [-0.2, -0.15) is 27.2 Å². The van der Waals surface area contributed by atoms with E-state index in [-0.39, 0.29) is 16.1 Å². The van der Waals surface area contributed by atoms with Gasteiger partial charge >= 0.3 is 6.18 Å². The number of anilines is 1. The summed E-state index contributed by atoms with van der Waals surface area (Å²) >= 11 is 0.326. The summed E-state index contributed by atoms with van der Waals surface area (Å²) in [6, 6.07) is 11.5. The minimum absolute atomic E-state index is 0.212. The highest BCUT2D eigenvalue weighted by atomic mass is 32.2. The van der Waals surface area contributed by atoms with Gasteiger partial charge in [-0.1, -0.05) is 30.0 Å². The molecule has 1 amide bonds. The average molecular weight is 398 g/mol. The number of carbonyl (C=O) groups excluding carboxylic acids is 1. The van der Waals surface area contributed by atoms with Crippen molar-refractivity contribution in [2.24, 2.45) is 0 Å². The van der Waals surface area contributed by atoms with Crippen molar-refractivity contribution in [3.63, 3.8) is 0 Å². The van der Waals surface area contributed by atoms with E-state index in [0.29, 0.717) is 11.8 Å². The van der Waals surface area contributed by atoms with Crippen LogP contribution in [0.25, 0.3) is 6.08 Å². The fraction of sp³-hybridized carbons (Fsp3) is 0.111. The molecule has 27 heavy (non-hydrogen) atoms. The molecule has 0 unspecified atom stereocenters. The van der Waals surface area contributed by atoms with Crippen LogP contribution in [0.3, 0.4) is 0 Å². The van der Waals surface area contributed by atoms with Gasteiger partial charge in [0.25, 0.3) is 11.7 Å². The minimum Gasteiger partial charge on any atom is -0.321 e. The Labute approximate surface area is 155 Å². The summed E-state index contributed by atoms with van der Waals surface area (Å²) in [5.41, 5.74) is -1.61. The first-order chi connectivity index (χ1) is 12.7. The number of nitriles is 1. The molecule has 0 bridgehead atoms. The normalized spacial score (nSPS) is 12.0. The number of benzene rings is 2. The summed E-state index contributed by atoms with van der Waals surface area (Å²) in [6.07, 6.45) is -3.79. The maximum atomic E-state index is 13.0. The van der Waals surface area contributed by atoms with Crippen LogP contribution in [-0.2, 0) is 11.0 Å². The van der Waals surface area contributed by atoms with Crippen molar-refractivity contribution in [2.45, 2.75) is 16.8 Å². The third kappa shape index (κ3) is 5.82. The van der Waals surface area contributed by atoms with Gasteiger partial charge in [-0.25, -0.2) is 0 Å². The lowest BCUT2D eigenvalue weighted by molar-refractivity contribution is -0.137. The van der Waals surface area contributed by atoms with Gasteiger partial charge in [-0.15, -0.1) is 0 Å². The molecule has 0 saturated carbocycles. The highest BCUT2D eigenvalue weighted by molar-refractivity contribution is 7.99. The average Bonchev–Trinajstić information content (AvgIpc) is 2.60. The molecule has 0 atom stereocenters. The van der Waals surface area contributed by atoms with Crippen molar-refractivity contribution in [2.75, 3.05) is 5.32 Å². The summed E-state index contributed by atoms with van der Waals surface area (Å²) in [6.45, 7) is 0. The third-order valence-corrected chi connectivity index (χ3v) is 3.99. The minimum atomic E-state index is -4.64. The van der Waals surface area contributed by atoms with Crippen LogP contribution < -0.4 is 5.32 Å². The van der Waals surface area contributed by atoms with Crippen LogP contribution >= 0.6 is 11.8 Å². The zero-order chi connectivity index (χ0) is 20.0. The standard InChI is InChI=1S/C18H11F5N2OS/c19-17(20)27-14-7-5-13(6-8-14)25-16(26)12(10-24)9-11-3-1-2-4-15(11)18(21,22)23/h1-9,17H,(H,25,26)/b12-9+.